The molecular formula is C12H10F3N3. The Morgan fingerprint density at radius 2 is 1.94 bits per heavy atom. The summed E-state index contributed by atoms with van der Waals surface area (Å²) in [6.45, 7) is 0.0455. The highest BCUT2D eigenvalue weighted by Gasteiger charge is 2.10. The van der Waals surface area contributed by atoms with Gasteiger partial charge < -0.3 is 5.73 Å². The van der Waals surface area contributed by atoms with E-state index < -0.39 is 12.2 Å². The second-order valence-electron chi connectivity index (χ2n) is 3.64. The van der Waals surface area contributed by atoms with E-state index in [9.17, 15) is 13.2 Å². The largest absolute Gasteiger partial charge is 0.326 e. The Kier molecular flexibility index (Phi) is 3.57. The van der Waals surface area contributed by atoms with Crippen molar-refractivity contribution in [2.45, 2.75) is 13.0 Å². The van der Waals surface area contributed by atoms with Gasteiger partial charge >= 0.3 is 0 Å². The van der Waals surface area contributed by atoms with E-state index in [1.807, 2.05) is 0 Å². The Hall–Kier alpha value is -1.95. The lowest BCUT2D eigenvalue weighted by Crippen LogP contribution is -2.01. The first-order chi connectivity index (χ1) is 8.61. The van der Waals surface area contributed by atoms with Crippen molar-refractivity contribution < 1.29 is 13.2 Å². The molecule has 0 spiro atoms. The molecule has 2 aromatic rings. The van der Waals surface area contributed by atoms with Crippen molar-refractivity contribution >= 4 is 0 Å². The Balaban J connectivity index is 2.36. The van der Waals surface area contributed by atoms with E-state index in [0.29, 0.717) is 16.8 Å². The summed E-state index contributed by atoms with van der Waals surface area (Å²) in [6, 6.07) is 4.16. The van der Waals surface area contributed by atoms with E-state index in [-0.39, 0.29) is 12.2 Å². The highest BCUT2D eigenvalue weighted by atomic mass is 19.3. The summed E-state index contributed by atoms with van der Waals surface area (Å²) in [4.78, 5) is 7.49. The third kappa shape index (κ3) is 2.48. The fourth-order valence-electron chi connectivity index (χ4n) is 1.48. The molecule has 2 aromatic heterocycles. The van der Waals surface area contributed by atoms with Gasteiger partial charge in [-0.3, -0.25) is 9.97 Å². The SMILES string of the molecule is NCc1cc(-c2ccc(C(F)F)nc2)ncc1F. The second-order valence-corrected chi connectivity index (χ2v) is 3.64. The topological polar surface area (TPSA) is 51.8 Å². The first kappa shape index (κ1) is 12.5. The van der Waals surface area contributed by atoms with Crippen LogP contribution in [0.1, 0.15) is 17.7 Å². The van der Waals surface area contributed by atoms with Gasteiger partial charge in [-0.15, -0.1) is 0 Å². The number of hydrogen-bond acceptors (Lipinski definition) is 3. The van der Waals surface area contributed by atoms with Crippen molar-refractivity contribution in [3.8, 4) is 11.3 Å². The van der Waals surface area contributed by atoms with Crippen LogP contribution in [0.25, 0.3) is 11.3 Å². The lowest BCUT2D eigenvalue weighted by atomic mass is 10.1. The van der Waals surface area contributed by atoms with Gasteiger partial charge in [0.1, 0.15) is 11.5 Å². The van der Waals surface area contributed by atoms with Crippen molar-refractivity contribution in [2.75, 3.05) is 0 Å². The smallest absolute Gasteiger partial charge is 0.280 e. The van der Waals surface area contributed by atoms with E-state index in [2.05, 4.69) is 9.97 Å². The van der Waals surface area contributed by atoms with Gasteiger partial charge in [0.15, 0.2) is 0 Å². The van der Waals surface area contributed by atoms with E-state index >= 15 is 0 Å². The highest BCUT2D eigenvalue weighted by Crippen LogP contribution is 2.22. The first-order valence-corrected chi connectivity index (χ1v) is 5.20. The Morgan fingerprint density at radius 3 is 2.50 bits per heavy atom. The first-order valence-electron chi connectivity index (χ1n) is 5.20. The van der Waals surface area contributed by atoms with Crippen LogP contribution in [-0.4, -0.2) is 9.97 Å². The molecule has 0 radical (unpaired) electrons. The molecular weight excluding hydrogens is 243 g/mol. The number of nitrogens with zero attached hydrogens (tertiary/aromatic N) is 2. The predicted molar refractivity (Wildman–Crippen MR) is 60.3 cm³/mol. The van der Waals surface area contributed by atoms with Crippen molar-refractivity contribution in [1.82, 2.24) is 9.97 Å². The summed E-state index contributed by atoms with van der Waals surface area (Å²) in [7, 11) is 0. The number of nitrogens with two attached hydrogens (primary N) is 1. The fourth-order valence-corrected chi connectivity index (χ4v) is 1.48. The van der Waals surface area contributed by atoms with Gasteiger partial charge in [-0.05, 0) is 18.2 Å². The summed E-state index contributed by atoms with van der Waals surface area (Å²) >= 11 is 0. The Bertz CT molecular complexity index is 541. The number of halogens is 3. The summed E-state index contributed by atoms with van der Waals surface area (Å²) in [5.41, 5.74) is 6.38. The fraction of sp³-hybridized carbons (Fsp3) is 0.167. The minimum absolute atomic E-state index is 0.0455. The average molecular weight is 253 g/mol. The van der Waals surface area contributed by atoms with Gasteiger partial charge in [0.2, 0.25) is 0 Å². The zero-order valence-corrected chi connectivity index (χ0v) is 9.28. The molecule has 0 bridgehead atoms. The van der Waals surface area contributed by atoms with E-state index in [4.69, 9.17) is 5.73 Å². The molecule has 2 N–H and O–H groups in total. The summed E-state index contributed by atoms with van der Waals surface area (Å²) in [5.74, 6) is -0.488. The molecule has 0 aliphatic carbocycles. The van der Waals surface area contributed by atoms with E-state index in [0.717, 1.165) is 6.20 Å². The molecule has 94 valence electrons. The predicted octanol–water partition coefficient (Wildman–Crippen LogP) is 2.68. The van der Waals surface area contributed by atoms with Crippen LogP contribution < -0.4 is 5.73 Å². The van der Waals surface area contributed by atoms with Gasteiger partial charge in [-0.2, -0.15) is 0 Å². The molecule has 0 unspecified atom stereocenters. The van der Waals surface area contributed by atoms with Gasteiger partial charge in [-0.25, -0.2) is 13.2 Å². The van der Waals surface area contributed by atoms with Crippen LogP contribution >= 0.6 is 0 Å². The number of pyridine rings is 2. The lowest BCUT2D eigenvalue weighted by Gasteiger charge is -2.05. The molecule has 6 heteroatoms. The molecule has 0 amide bonds. The van der Waals surface area contributed by atoms with Crippen molar-refractivity contribution in [3.63, 3.8) is 0 Å². The molecule has 2 rings (SSSR count). The normalized spacial score (nSPS) is 10.9. The molecule has 0 saturated heterocycles. The summed E-state index contributed by atoms with van der Waals surface area (Å²) in [6.07, 6.45) is -0.277. The number of aromatic nitrogens is 2. The monoisotopic (exact) mass is 253 g/mol. The lowest BCUT2D eigenvalue weighted by molar-refractivity contribution is 0.146. The third-order valence-corrected chi connectivity index (χ3v) is 2.46. The van der Waals surface area contributed by atoms with Crippen LogP contribution in [0.4, 0.5) is 13.2 Å². The maximum Gasteiger partial charge on any atom is 0.280 e. The molecule has 2 heterocycles. The molecule has 18 heavy (non-hydrogen) atoms. The average Bonchev–Trinajstić information content (AvgIpc) is 2.39. The minimum atomic E-state index is -2.61. The zero-order valence-electron chi connectivity index (χ0n) is 9.28. The van der Waals surface area contributed by atoms with Gasteiger partial charge in [-0.1, -0.05) is 0 Å². The highest BCUT2D eigenvalue weighted by molar-refractivity contribution is 5.58. The van der Waals surface area contributed by atoms with Crippen LogP contribution in [0.2, 0.25) is 0 Å². The maximum absolute atomic E-state index is 13.2. The number of hydrogen-bond donors (Lipinski definition) is 1. The van der Waals surface area contributed by atoms with Crippen molar-refractivity contribution in [2.24, 2.45) is 5.73 Å². The second kappa shape index (κ2) is 5.14. The molecule has 3 nitrogen and oxygen atoms in total. The third-order valence-electron chi connectivity index (χ3n) is 2.46. The van der Waals surface area contributed by atoms with Crippen LogP contribution in [0.5, 0.6) is 0 Å². The summed E-state index contributed by atoms with van der Waals surface area (Å²) < 4.78 is 37.9. The Labute approximate surface area is 101 Å². The quantitative estimate of drug-likeness (QED) is 0.914. The van der Waals surface area contributed by atoms with Crippen molar-refractivity contribution in [1.29, 1.82) is 0 Å². The molecule has 0 aliphatic heterocycles. The molecule has 0 fully saturated rings. The summed E-state index contributed by atoms with van der Waals surface area (Å²) in [5, 5.41) is 0. The Morgan fingerprint density at radius 1 is 1.17 bits per heavy atom. The van der Waals surface area contributed by atoms with Gasteiger partial charge in [0, 0.05) is 23.9 Å². The minimum Gasteiger partial charge on any atom is -0.326 e. The van der Waals surface area contributed by atoms with Crippen LogP contribution in [0.3, 0.4) is 0 Å². The van der Waals surface area contributed by atoms with Crippen molar-refractivity contribution in [3.05, 3.63) is 47.7 Å². The van der Waals surface area contributed by atoms with E-state index in [1.54, 1.807) is 0 Å². The molecule has 0 aliphatic rings. The molecule has 0 aromatic carbocycles. The molecule has 0 atom stereocenters. The van der Waals surface area contributed by atoms with Crippen LogP contribution in [0.15, 0.2) is 30.6 Å². The van der Waals surface area contributed by atoms with Gasteiger partial charge in [0.25, 0.3) is 6.43 Å². The van der Waals surface area contributed by atoms with Crippen LogP contribution in [-0.2, 0) is 6.54 Å². The molecule has 0 saturated carbocycles. The zero-order chi connectivity index (χ0) is 13.1. The number of rotatable bonds is 3. The standard InChI is InChI=1S/C12H10F3N3/c13-9-6-18-11(3-8(9)4-16)7-1-2-10(12(14)15)17-5-7/h1-3,5-6,12H,4,16H2. The van der Waals surface area contributed by atoms with E-state index in [1.165, 1.54) is 24.4 Å². The van der Waals surface area contributed by atoms with Gasteiger partial charge in [0.05, 0.1) is 11.9 Å². The maximum atomic E-state index is 13.2. The number of alkyl halides is 2. The van der Waals surface area contributed by atoms with Crippen LogP contribution in [0, 0.1) is 5.82 Å².